The van der Waals surface area contributed by atoms with Crippen molar-refractivity contribution in [3.8, 4) is 0 Å². The number of aromatic nitrogens is 3. The predicted octanol–water partition coefficient (Wildman–Crippen LogP) is 2.04. The van der Waals surface area contributed by atoms with Crippen LogP contribution < -0.4 is 5.73 Å². The molecule has 17 heavy (non-hydrogen) atoms. The summed E-state index contributed by atoms with van der Waals surface area (Å²) in [4.78, 5) is 0. The predicted molar refractivity (Wildman–Crippen MR) is 67.5 cm³/mol. The highest BCUT2D eigenvalue weighted by atomic mass is 15.4. The fraction of sp³-hybridized carbons (Fsp3) is 0.385. The van der Waals surface area contributed by atoms with E-state index >= 15 is 0 Å². The van der Waals surface area contributed by atoms with Crippen molar-refractivity contribution in [3.05, 3.63) is 47.3 Å². The summed E-state index contributed by atoms with van der Waals surface area (Å²) < 4.78 is 1.89. The molecular weight excluding hydrogens is 212 g/mol. The third-order valence-corrected chi connectivity index (χ3v) is 2.93. The molecule has 0 saturated carbocycles. The topological polar surface area (TPSA) is 56.7 Å². The molecule has 0 radical (unpaired) electrons. The third-order valence-electron chi connectivity index (χ3n) is 2.93. The molecule has 2 rings (SSSR count). The molecule has 4 heteroatoms. The molecule has 0 amide bonds. The Morgan fingerprint density at radius 2 is 2.12 bits per heavy atom. The third kappa shape index (κ3) is 2.36. The summed E-state index contributed by atoms with van der Waals surface area (Å²) in [5.74, 6) is 0. The van der Waals surface area contributed by atoms with E-state index in [1.54, 1.807) is 6.20 Å². The number of aryl methyl sites for hydroxylation is 2. The Labute approximate surface area is 101 Å². The lowest BCUT2D eigenvalue weighted by Crippen LogP contribution is -2.18. The number of hydrogen-bond acceptors (Lipinski definition) is 3. The SMILES string of the molecule is CCCn1nncc1C(N)c1ccccc1C. The molecule has 1 aromatic carbocycles. The Morgan fingerprint density at radius 3 is 2.82 bits per heavy atom. The van der Waals surface area contributed by atoms with Crippen molar-refractivity contribution in [2.75, 3.05) is 0 Å². The van der Waals surface area contributed by atoms with Crippen molar-refractivity contribution in [1.82, 2.24) is 15.0 Å². The average Bonchev–Trinajstić information content (AvgIpc) is 2.78. The maximum Gasteiger partial charge on any atom is 0.0799 e. The molecule has 2 N–H and O–H groups in total. The maximum absolute atomic E-state index is 6.29. The zero-order valence-electron chi connectivity index (χ0n) is 10.3. The van der Waals surface area contributed by atoms with Crippen molar-refractivity contribution in [2.45, 2.75) is 32.9 Å². The molecule has 4 nitrogen and oxygen atoms in total. The Balaban J connectivity index is 2.34. The van der Waals surface area contributed by atoms with Crippen LogP contribution in [0.25, 0.3) is 0 Å². The van der Waals surface area contributed by atoms with E-state index in [4.69, 9.17) is 5.73 Å². The van der Waals surface area contributed by atoms with Crippen molar-refractivity contribution >= 4 is 0 Å². The summed E-state index contributed by atoms with van der Waals surface area (Å²) in [7, 11) is 0. The van der Waals surface area contributed by atoms with Crippen LogP contribution in [0.15, 0.2) is 30.5 Å². The molecule has 0 bridgehead atoms. The van der Waals surface area contributed by atoms with Gasteiger partial charge in [0.05, 0.1) is 17.9 Å². The fourth-order valence-corrected chi connectivity index (χ4v) is 1.99. The highest BCUT2D eigenvalue weighted by Gasteiger charge is 2.15. The molecule has 0 aliphatic heterocycles. The zero-order valence-corrected chi connectivity index (χ0v) is 10.3. The minimum absolute atomic E-state index is 0.155. The van der Waals surface area contributed by atoms with Gasteiger partial charge in [-0.05, 0) is 24.5 Å². The Hall–Kier alpha value is -1.68. The van der Waals surface area contributed by atoms with E-state index in [1.165, 1.54) is 5.56 Å². The quantitative estimate of drug-likeness (QED) is 0.874. The molecule has 2 aromatic rings. The van der Waals surface area contributed by atoms with Crippen LogP contribution in [0.3, 0.4) is 0 Å². The van der Waals surface area contributed by atoms with Crippen LogP contribution in [-0.2, 0) is 6.54 Å². The second-order valence-corrected chi connectivity index (χ2v) is 4.22. The van der Waals surface area contributed by atoms with Gasteiger partial charge in [-0.25, -0.2) is 4.68 Å². The van der Waals surface area contributed by atoms with Crippen LogP contribution in [-0.4, -0.2) is 15.0 Å². The molecule has 1 atom stereocenters. The molecule has 0 fully saturated rings. The van der Waals surface area contributed by atoms with E-state index in [1.807, 2.05) is 16.8 Å². The van der Waals surface area contributed by atoms with Crippen LogP contribution in [0.4, 0.5) is 0 Å². The van der Waals surface area contributed by atoms with Crippen molar-refractivity contribution in [2.24, 2.45) is 5.73 Å². The van der Waals surface area contributed by atoms with Crippen molar-refractivity contribution < 1.29 is 0 Å². The van der Waals surface area contributed by atoms with Crippen LogP contribution in [0.5, 0.6) is 0 Å². The molecule has 0 spiro atoms. The summed E-state index contributed by atoms with van der Waals surface area (Å²) in [5.41, 5.74) is 9.60. The molecule has 1 heterocycles. The first-order valence-corrected chi connectivity index (χ1v) is 5.93. The molecule has 0 aliphatic rings. The summed E-state index contributed by atoms with van der Waals surface area (Å²) in [5, 5.41) is 8.02. The summed E-state index contributed by atoms with van der Waals surface area (Å²) in [6.45, 7) is 5.04. The van der Waals surface area contributed by atoms with Gasteiger partial charge in [0.15, 0.2) is 0 Å². The second-order valence-electron chi connectivity index (χ2n) is 4.22. The van der Waals surface area contributed by atoms with Gasteiger partial charge in [0.2, 0.25) is 0 Å². The normalized spacial score (nSPS) is 12.6. The summed E-state index contributed by atoms with van der Waals surface area (Å²) in [6, 6.07) is 8.01. The lowest BCUT2D eigenvalue weighted by atomic mass is 10.00. The first kappa shape index (κ1) is 11.8. The highest BCUT2D eigenvalue weighted by Crippen LogP contribution is 2.21. The molecule has 1 aromatic heterocycles. The van der Waals surface area contributed by atoms with Gasteiger partial charge >= 0.3 is 0 Å². The number of hydrogen-bond donors (Lipinski definition) is 1. The van der Waals surface area contributed by atoms with Gasteiger partial charge in [-0.15, -0.1) is 5.10 Å². The summed E-state index contributed by atoms with van der Waals surface area (Å²) >= 11 is 0. The first-order chi connectivity index (χ1) is 8.24. The standard InChI is InChI=1S/C13H18N4/c1-3-8-17-12(9-15-16-17)13(14)11-7-5-4-6-10(11)2/h4-7,9,13H,3,8,14H2,1-2H3. The second kappa shape index (κ2) is 5.10. The van der Waals surface area contributed by atoms with Gasteiger partial charge in [0, 0.05) is 6.54 Å². The Kier molecular flexibility index (Phi) is 3.54. The molecule has 0 aliphatic carbocycles. The first-order valence-electron chi connectivity index (χ1n) is 5.93. The van der Waals surface area contributed by atoms with Gasteiger partial charge < -0.3 is 5.73 Å². The van der Waals surface area contributed by atoms with E-state index in [9.17, 15) is 0 Å². The lowest BCUT2D eigenvalue weighted by molar-refractivity contribution is 0.543. The molecule has 1 unspecified atom stereocenters. The summed E-state index contributed by atoms with van der Waals surface area (Å²) in [6.07, 6.45) is 2.78. The van der Waals surface area contributed by atoms with Crippen LogP contribution in [0, 0.1) is 6.92 Å². The maximum atomic E-state index is 6.29. The van der Waals surface area contributed by atoms with E-state index in [-0.39, 0.29) is 6.04 Å². The van der Waals surface area contributed by atoms with E-state index in [2.05, 4.69) is 36.3 Å². The molecule has 0 saturated heterocycles. The monoisotopic (exact) mass is 230 g/mol. The minimum Gasteiger partial charge on any atom is -0.319 e. The largest absolute Gasteiger partial charge is 0.319 e. The number of benzene rings is 1. The minimum atomic E-state index is -0.155. The number of nitrogens with zero attached hydrogens (tertiary/aromatic N) is 3. The van der Waals surface area contributed by atoms with Gasteiger partial charge in [0.25, 0.3) is 0 Å². The van der Waals surface area contributed by atoms with E-state index in [0.717, 1.165) is 24.2 Å². The van der Waals surface area contributed by atoms with Crippen LogP contribution in [0.2, 0.25) is 0 Å². The van der Waals surface area contributed by atoms with Gasteiger partial charge in [-0.3, -0.25) is 0 Å². The smallest absolute Gasteiger partial charge is 0.0799 e. The molecule has 90 valence electrons. The number of rotatable bonds is 4. The van der Waals surface area contributed by atoms with Crippen molar-refractivity contribution in [1.29, 1.82) is 0 Å². The van der Waals surface area contributed by atoms with E-state index < -0.39 is 0 Å². The number of nitrogens with two attached hydrogens (primary N) is 1. The van der Waals surface area contributed by atoms with Crippen molar-refractivity contribution in [3.63, 3.8) is 0 Å². The van der Waals surface area contributed by atoms with Crippen LogP contribution >= 0.6 is 0 Å². The van der Waals surface area contributed by atoms with Crippen LogP contribution in [0.1, 0.15) is 36.2 Å². The van der Waals surface area contributed by atoms with E-state index in [0.29, 0.717) is 0 Å². The zero-order chi connectivity index (χ0) is 12.3. The van der Waals surface area contributed by atoms with Gasteiger partial charge in [0.1, 0.15) is 0 Å². The lowest BCUT2D eigenvalue weighted by Gasteiger charge is -2.15. The fourth-order valence-electron chi connectivity index (χ4n) is 1.99. The Bertz CT molecular complexity index is 490. The highest BCUT2D eigenvalue weighted by molar-refractivity contribution is 5.33. The Morgan fingerprint density at radius 1 is 1.35 bits per heavy atom. The molecular formula is C13H18N4. The average molecular weight is 230 g/mol. The van der Waals surface area contributed by atoms with Gasteiger partial charge in [-0.1, -0.05) is 36.4 Å². The van der Waals surface area contributed by atoms with Gasteiger partial charge in [-0.2, -0.15) is 0 Å².